The van der Waals surface area contributed by atoms with Crippen molar-refractivity contribution < 1.29 is 18.7 Å². The molecule has 0 bridgehead atoms. The lowest BCUT2D eigenvalue weighted by Gasteiger charge is -2.42. The third kappa shape index (κ3) is 3.38. The van der Waals surface area contributed by atoms with Gasteiger partial charge in [-0.3, -0.25) is 9.59 Å². The Morgan fingerprint density at radius 2 is 1.78 bits per heavy atom. The highest BCUT2D eigenvalue weighted by atomic mass is 32.1. The van der Waals surface area contributed by atoms with Crippen LogP contribution in [0.5, 0.6) is 0 Å². The van der Waals surface area contributed by atoms with Crippen molar-refractivity contribution >= 4 is 36.2 Å². The van der Waals surface area contributed by atoms with Gasteiger partial charge < -0.3 is 4.74 Å². The molecule has 1 aromatic heterocycles. The first kappa shape index (κ1) is 19.9. The van der Waals surface area contributed by atoms with E-state index < -0.39 is 17.1 Å². The van der Waals surface area contributed by atoms with Gasteiger partial charge >= 0.3 is 0 Å². The summed E-state index contributed by atoms with van der Waals surface area (Å²) >= 11 is 1.33. The third-order valence-corrected chi connectivity index (χ3v) is 6.15. The highest BCUT2D eigenvalue weighted by Crippen LogP contribution is 2.41. The van der Waals surface area contributed by atoms with Crippen molar-refractivity contribution in [3.05, 3.63) is 34.6 Å². The monoisotopic (exact) mass is 387 g/mol. The normalized spacial score (nSPS) is 19.5. The average Bonchev–Trinajstić information content (AvgIpc) is 2.96. The van der Waals surface area contributed by atoms with Crippen molar-refractivity contribution in [2.24, 2.45) is 0 Å². The first-order valence-corrected chi connectivity index (χ1v) is 9.84. The number of benzene rings is 1. The Bertz CT molecular complexity index is 909. The van der Waals surface area contributed by atoms with Gasteiger partial charge in [0.15, 0.2) is 11.6 Å². The van der Waals surface area contributed by atoms with E-state index in [4.69, 9.17) is 4.74 Å². The Labute approximate surface area is 163 Å². The number of hydrogen-bond donors (Lipinski definition) is 0. The molecule has 7 heteroatoms. The number of nitrogens with zero attached hydrogens (tertiary/aromatic N) is 1. The van der Waals surface area contributed by atoms with Crippen LogP contribution in [0.4, 0.5) is 4.39 Å². The molecule has 4 nitrogen and oxygen atoms in total. The average molecular weight is 387 g/mol. The molecule has 2 heterocycles. The summed E-state index contributed by atoms with van der Waals surface area (Å²) in [6.45, 7) is 8.64. The second-order valence-electron chi connectivity index (χ2n) is 7.95. The molecule has 1 aliphatic heterocycles. The summed E-state index contributed by atoms with van der Waals surface area (Å²) in [4.78, 5) is 31.4. The number of ketones is 2. The van der Waals surface area contributed by atoms with E-state index in [0.717, 1.165) is 10.3 Å². The lowest BCUT2D eigenvalue weighted by atomic mass is 9.76. The lowest BCUT2D eigenvalue weighted by Crippen LogP contribution is -2.58. The minimum atomic E-state index is -1.09. The van der Waals surface area contributed by atoms with Gasteiger partial charge in [0.1, 0.15) is 35.8 Å². The number of thiazole rings is 1. The summed E-state index contributed by atoms with van der Waals surface area (Å²) in [5.74, 6) is -1.95. The van der Waals surface area contributed by atoms with E-state index >= 15 is 0 Å². The molecule has 0 spiro atoms. The maximum atomic E-state index is 14.4. The highest BCUT2D eigenvalue weighted by molar-refractivity contribution is 7.15. The Balaban J connectivity index is 2.15. The molecule has 142 valence electrons. The van der Waals surface area contributed by atoms with Gasteiger partial charge in [0.25, 0.3) is 0 Å². The van der Waals surface area contributed by atoms with Gasteiger partial charge in [-0.15, -0.1) is 11.3 Å². The molecule has 0 amide bonds. The van der Waals surface area contributed by atoms with Crippen molar-refractivity contribution in [2.75, 3.05) is 0 Å². The van der Waals surface area contributed by atoms with E-state index in [1.54, 1.807) is 33.8 Å². The van der Waals surface area contributed by atoms with E-state index in [0.29, 0.717) is 22.7 Å². The molecule has 0 saturated carbocycles. The number of Topliss-reactive ketones (excluding diaryl/α,β-unsaturated/α-hetero) is 2. The quantitative estimate of drug-likeness (QED) is 0.600. The zero-order valence-electron chi connectivity index (χ0n) is 16.5. The number of carbonyl (C=O) groups excluding carboxylic acids is 2. The van der Waals surface area contributed by atoms with Gasteiger partial charge in [0.05, 0.1) is 5.69 Å². The summed E-state index contributed by atoms with van der Waals surface area (Å²) in [5.41, 5.74) is -0.534. The van der Waals surface area contributed by atoms with E-state index in [1.165, 1.54) is 17.4 Å². The molecule has 1 saturated heterocycles. The van der Waals surface area contributed by atoms with Crippen LogP contribution in [0.15, 0.2) is 18.2 Å². The molecule has 0 aliphatic carbocycles. The maximum absolute atomic E-state index is 14.4. The van der Waals surface area contributed by atoms with Gasteiger partial charge in [-0.05, 0) is 46.2 Å². The lowest BCUT2D eigenvalue weighted by molar-refractivity contribution is -0.184. The summed E-state index contributed by atoms with van der Waals surface area (Å²) in [6.07, 6.45) is 0.610. The number of aryl methyl sites for hydroxylation is 1. The van der Waals surface area contributed by atoms with Crippen LogP contribution in [0.1, 0.15) is 51.1 Å². The summed E-state index contributed by atoms with van der Waals surface area (Å²) < 4.78 is 20.2. The smallest absolute Gasteiger partial charge is 0.180 e. The molecule has 27 heavy (non-hydrogen) atoms. The molecular weight excluding hydrogens is 364 g/mol. The molecule has 2 aromatic rings. The summed E-state index contributed by atoms with van der Waals surface area (Å²) in [5, 5.41) is 0.488. The molecule has 1 fully saturated rings. The second kappa shape index (κ2) is 6.64. The fourth-order valence-corrected chi connectivity index (χ4v) is 4.62. The first-order valence-electron chi connectivity index (χ1n) is 9.03. The maximum Gasteiger partial charge on any atom is 0.180 e. The van der Waals surface area contributed by atoms with Gasteiger partial charge in [-0.1, -0.05) is 18.5 Å². The van der Waals surface area contributed by atoms with Crippen molar-refractivity contribution in [1.82, 2.24) is 4.98 Å². The molecule has 0 N–H and O–H groups in total. The van der Waals surface area contributed by atoms with E-state index in [-0.39, 0.29) is 17.4 Å². The van der Waals surface area contributed by atoms with Crippen LogP contribution in [-0.2, 0) is 20.7 Å². The molecule has 1 aromatic carbocycles. The van der Waals surface area contributed by atoms with Gasteiger partial charge in [0, 0.05) is 10.4 Å². The fraction of sp³-hybridized carbons (Fsp3) is 0.450. The van der Waals surface area contributed by atoms with E-state index in [2.05, 4.69) is 4.98 Å². The van der Waals surface area contributed by atoms with Crippen LogP contribution in [-0.4, -0.2) is 35.6 Å². The molecule has 0 atom stereocenters. The van der Waals surface area contributed by atoms with Crippen LogP contribution in [0.3, 0.4) is 0 Å². The van der Waals surface area contributed by atoms with Crippen molar-refractivity contribution in [1.29, 1.82) is 0 Å². The minimum absolute atomic E-state index is 0.303. The molecular formula is C20H23BFNO3S. The van der Waals surface area contributed by atoms with Gasteiger partial charge in [-0.25, -0.2) is 9.37 Å². The number of hydrogen-bond acceptors (Lipinski definition) is 5. The molecule has 1 aliphatic rings. The largest absolute Gasteiger partial charge is 0.354 e. The van der Waals surface area contributed by atoms with Gasteiger partial charge in [0.2, 0.25) is 0 Å². The number of rotatable bonds is 3. The Morgan fingerprint density at radius 1 is 1.19 bits per heavy atom. The van der Waals surface area contributed by atoms with Crippen LogP contribution >= 0.6 is 11.3 Å². The van der Waals surface area contributed by atoms with E-state index in [1.807, 2.05) is 20.8 Å². The zero-order chi connectivity index (χ0) is 20.1. The molecule has 0 radical (unpaired) electrons. The Hall–Kier alpha value is -1.86. The summed E-state index contributed by atoms with van der Waals surface area (Å²) in [6, 6.07) is 4.97. The highest BCUT2D eigenvalue weighted by Gasteiger charge is 2.54. The van der Waals surface area contributed by atoms with Gasteiger partial charge in [-0.2, -0.15) is 0 Å². The SMILES string of the molecule is Bc1ccc(-c2nc(C3C(=O)C(C)(C)OC(C)(C)C3=O)c(CC)s2)c(F)c1. The predicted molar refractivity (Wildman–Crippen MR) is 107 cm³/mol. The fourth-order valence-electron chi connectivity index (χ4n) is 3.55. The molecule has 0 unspecified atom stereocenters. The van der Waals surface area contributed by atoms with Crippen LogP contribution in [0, 0.1) is 5.82 Å². The third-order valence-electron chi connectivity index (χ3n) is 4.90. The molecule has 3 rings (SSSR count). The number of halogens is 1. The van der Waals surface area contributed by atoms with Crippen LogP contribution in [0.2, 0.25) is 0 Å². The predicted octanol–water partition coefficient (Wildman–Crippen LogP) is 2.58. The van der Waals surface area contributed by atoms with Crippen LogP contribution in [0.25, 0.3) is 10.6 Å². The minimum Gasteiger partial charge on any atom is -0.354 e. The number of aromatic nitrogens is 1. The van der Waals surface area contributed by atoms with E-state index in [9.17, 15) is 14.0 Å². The number of ether oxygens (including phenoxy) is 1. The number of carbonyl (C=O) groups is 2. The van der Waals surface area contributed by atoms with Crippen molar-refractivity contribution in [3.63, 3.8) is 0 Å². The topological polar surface area (TPSA) is 56.3 Å². The van der Waals surface area contributed by atoms with Crippen molar-refractivity contribution in [3.8, 4) is 10.6 Å². The van der Waals surface area contributed by atoms with Crippen molar-refractivity contribution in [2.45, 2.75) is 58.2 Å². The Kier molecular flexibility index (Phi) is 4.89. The summed E-state index contributed by atoms with van der Waals surface area (Å²) in [7, 11) is 1.82. The Morgan fingerprint density at radius 3 is 2.30 bits per heavy atom. The zero-order valence-corrected chi connectivity index (χ0v) is 17.3. The first-order chi connectivity index (χ1) is 12.5. The standard InChI is InChI=1S/C20H23BFNO3S/c1-6-13-15(14-16(24)19(2,3)26-20(4,5)17(14)25)23-18(27-13)11-8-7-10(21)9-12(11)22/h7-9,14H,6,21H2,1-5H3. The second-order valence-corrected chi connectivity index (χ2v) is 9.03. The van der Waals surface area contributed by atoms with Crippen LogP contribution < -0.4 is 5.46 Å².